The predicted molar refractivity (Wildman–Crippen MR) is 78.0 cm³/mol. The number of aromatic carboxylic acids is 1. The van der Waals surface area contributed by atoms with Crippen molar-refractivity contribution >= 4 is 16.0 Å². The van der Waals surface area contributed by atoms with Gasteiger partial charge in [-0.2, -0.15) is 4.31 Å². The second-order valence-corrected chi connectivity index (χ2v) is 6.94. The van der Waals surface area contributed by atoms with E-state index in [4.69, 9.17) is 9.84 Å². The van der Waals surface area contributed by atoms with Gasteiger partial charge in [-0.05, 0) is 26.8 Å². The summed E-state index contributed by atoms with van der Waals surface area (Å²) in [5, 5.41) is 9.07. The van der Waals surface area contributed by atoms with Crippen molar-refractivity contribution in [3.05, 3.63) is 18.0 Å². The fraction of sp³-hybridized carbons (Fsp3) is 0.615. The molecule has 0 amide bonds. The Hall–Kier alpha value is -1.38. The van der Waals surface area contributed by atoms with E-state index < -0.39 is 16.0 Å². The molecule has 1 aromatic rings. The molecule has 0 aromatic carbocycles. The van der Waals surface area contributed by atoms with Crippen LogP contribution in [0, 0.1) is 0 Å². The quantitative estimate of drug-likeness (QED) is 0.779. The molecule has 1 aromatic heterocycles. The number of carbonyl (C=O) groups is 1. The van der Waals surface area contributed by atoms with Gasteiger partial charge in [-0.1, -0.05) is 0 Å². The Bertz CT molecular complexity index is 592. The maximum atomic E-state index is 12.4. The van der Waals surface area contributed by atoms with Crippen LogP contribution >= 0.6 is 0 Å². The maximum absolute atomic E-state index is 12.4. The van der Waals surface area contributed by atoms with Crippen molar-refractivity contribution < 1.29 is 23.1 Å². The summed E-state index contributed by atoms with van der Waals surface area (Å²) in [5.41, 5.74) is -0.0390. The molecule has 7 nitrogen and oxygen atoms in total. The van der Waals surface area contributed by atoms with Crippen LogP contribution in [0.2, 0.25) is 0 Å². The van der Waals surface area contributed by atoms with Crippen LogP contribution in [0.5, 0.6) is 0 Å². The topological polar surface area (TPSA) is 88.8 Å². The fourth-order valence-electron chi connectivity index (χ4n) is 1.78. The Morgan fingerprint density at radius 2 is 2.10 bits per heavy atom. The van der Waals surface area contributed by atoms with Crippen molar-refractivity contribution in [3.63, 3.8) is 0 Å². The zero-order chi connectivity index (χ0) is 16.2. The number of sulfonamides is 1. The van der Waals surface area contributed by atoms with Crippen LogP contribution in [0.4, 0.5) is 0 Å². The van der Waals surface area contributed by atoms with Gasteiger partial charge in [0, 0.05) is 26.3 Å². The fourth-order valence-corrected chi connectivity index (χ4v) is 2.98. The van der Waals surface area contributed by atoms with Gasteiger partial charge >= 0.3 is 5.97 Å². The molecule has 0 spiro atoms. The number of aromatic nitrogens is 1. The highest BCUT2D eigenvalue weighted by Gasteiger charge is 2.25. The molecule has 0 aliphatic rings. The van der Waals surface area contributed by atoms with E-state index in [0.717, 1.165) is 4.31 Å². The average Bonchev–Trinajstić information content (AvgIpc) is 2.82. The minimum Gasteiger partial charge on any atom is -0.477 e. The van der Waals surface area contributed by atoms with Crippen LogP contribution in [0.25, 0.3) is 0 Å². The van der Waals surface area contributed by atoms with Crippen LogP contribution in [0.1, 0.15) is 31.3 Å². The first-order valence-corrected chi connectivity index (χ1v) is 8.15. The zero-order valence-corrected chi connectivity index (χ0v) is 13.6. The third-order valence-electron chi connectivity index (χ3n) is 3.00. The molecule has 1 N–H and O–H groups in total. The SMILES string of the molecule is CCn1cc(S(=O)(=O)N(C)CCOC(C)C)cc1C(=O)O. The summed E-state index contributed by atoms with van der Waals surface area (Å²) in [5.74, 6) is -1.15. The van der Waals surface area contributed by atoms with Crippen molar-refractivity contribution in [2.24, 2.45) is 0 Å². The average molecular weight is 318 g/mol. The third kappa shape index (κ3) is 4.29. The molecule has 8 heteroatoms. The van der Waals surface area contributed by atoms with E-state index in [9.17, 15) is 13.2 Å². The Morgan fingerprint density at radius 1 is 1.48 bits per heavy atom. The van der Waals surface area contributed by atoms with E-state index in [0.29, 0.717) is 6.54 Å². The first kappa shape index (κ1) is 17.7. The van der Waals surface area contributed by atoms with Crippen molar-refractivity contribution in [2.45, 2.75) is 38.3 Å². The van der Waals surface area contributed by atoms with Gasteiger partial charge in [0.25, 0.3) is 0 Å². The van der Waals surface area contributed by atoms with E-state index in [2.05, 4.69) is 0 Å². The molecular formula is C13H22N2O5S. The van der Waals surface area contributed by atoms with Crippen LogP contribution in [0.15, 0.2) is 17.2 Å². The molecule has 0 saturated carbocycles. The minimum atomic E-state index is -3.71. The molecule has 21 heavy (non-hydrogen) atoms. The van der Waals surface area contributed by atoms with Crippen molar-refractivity contribution in [1.82, 2.24) is 8.87 Å². The summed E-state index contributed by atoms with van der Waals surface area (Å²) in [6.45, 7) is 6.37. The molecule has 0 saturated heterocycles. The number of hydrogen-bond donors (Lipinski definition) is 1. The van der Waals surface area contributed by atoms with Gasteiger partial charge < -0.3 is 14.4 Å². The Morgan fingerprint density at radius 3 is 2.52 bits per heavy atom. The lowest BCUT2D eigenvalue weighted by molar-refractivity contribution is 0.0685. The van der Waals surface area contributed by atoms with Gasteiger partial charge in [0.15, 0.2) is 0 Å². The molecule has 0 radical (unpaired) electrons. The lowest BCUT2D eigenvalue weighted by Gasteiger charge is -2.17. The third-order valence-corrected chi connectivity index (χ3v) is 4.82. The molecule has 0 fully saturated rings. The van der Waals surface area contributed by atoms with Gasteiger partial charge in [-0.15, -0.1) is 0 Å². The normalized spacial score (nSPS) is 12.3. The summed E-state index contributed by atoms with van der Waals surface area (Å²) in [6, 6.07) is 1.18. The van der Waals surface area contributed by atoms with Gasteiger partial charge in [0.05, 0.1) is 12.7 Å². The zero-order valence-electron chi connectivity index (χ0n) is 12.7. The van der Waals surface area contributed by atoms with Crippen LogP contribution in [-0.2, 0) is 21.3 Å². The maximum Gasteiger partial charge on any atom is 0.352 e. The van der Waals surface area contributed by atoms with Crippen LogP contribution < -0.4 is 0 Å². The number of rotatable bonds is 8. The van der Waals surface area contributed by atoms with Crippen LogP contribution in [0.3, 0.4) is 0 Å². The highest BCUT2D eigenvalue weighted by Crippen LogP contribution is 2.18. The number of ether oxygens (including phenoxy) is 1. The molecular weight excluding hydrogens is 296 g/mol. The second-order valence-electron chi connectivity index (χ2n) is 4.90. The largest absolute Gasteiger partial charge is 0.477 e. The van der Waals surface area contributed by atoms with E-state index in [1.165, 1.54) is 23.9 Å². The van der Waals surface area contributed by atoms with E-state index in [1.807, 2.05) is 13.8 Å². The standard InChI is InChI=1S/C13H22N2O5S/c1-5-15-9-11(8-12(15)13(16)17)21(18,19)14(4)6-7-20-10(2)3/h8-10H,5-7H2,1-4H3,(H,16,17). The van der Waals surface area contributed by atoms with Gasteiger partial charge in [0.1, 0.15) is 10.6 Å². The van der Waals surface area contributed by atoms with Crippen molar-refractivity contribution in [2.75, 3.05) is 20.2 Å². The first-order chi connectivity index (χ1) is 9.70. The Balaban J connectivity index is 2.94. The highest BCUT2D eigenvalue weighted by molar-refractivity contribution is 7.89. The van der Waals surface area contributed by atoms with Gasteiger partial charge in [-0.25, -0.2) is 13.2 Å². The Kier molecular flexibility index (Phi) is 5.94. The lowest BCUT2D eigenvalue weighted by Crippen LogP contribution is -2.30. The first-order valence-electron chi connectivity index (χ1n) is 6.71. The predicted octanol–water partition coefficient (Wildman–Crippen LogP) is 1.25. The summed E-state index contributed by atoms with van der Waals surface area (Å²) >= 11 is 0. The van der Waals surface area contributed by atoms with E-state index in [1.54, 1.807) is 6.92 Å². The van der Waals surface area contributed by atoms with Crippen LogP contribution in [-0.4, -0.2) is 54.7 Å². The summed E-state index contributed by atoms with van der Waals surface area (Å²) in [6.07, 6.45) is 1.37. The molecule has 1 heterocycles. The molecule has 0 bridgehead atoms. The molecule has 1 rings (SSSR count). The van der Waals surface area contributed by atoms with Crippen molar-refractivity contribution in [1.29, 1.82) is 0 Å². The second kappa shape index (κ2) is 7.06. The van der Waals surface area contributed by atoms with Gasteiger partial charge in [0.2, 0.25) is 10.0 Å². The summed E-state index contributed by atoms with van der Waals surface area (Å²) in [7, 11) is -2.27. The van der Waals surface area contributed by atoms with E-state index >= 15 is 0 Å². The molecule has 0 aliphatic heterocycles. The summed E-state index contributed by atoms with van der Waals surface area (Å²) in [4.78, 5) is 11.1. The molecule has 0 unspecified atom stereocenters. The lowest BCUT2D eigenvalue weighted by atomic mass is 10.4. The monoisotopic (exact) mass is 318 g/mol. The molecule has 0 atom stereocenters. The number of aryl methyl sites for hydroxylation is 1. The minimum absolute atomic E-state index is 0.0196. The summed E-state index contributed by atoms with van der Waals surface area (Å²) < 4.78 is 32.6. The Labute approximate surface area is 125 Å². The number of likely N-dealkylation sites (N-methyl/N-ethyl adjacent to an activating group) is 1. The molecule has 120 valence electrons. The smallest absolute Gasteiger partial charge is 0.352 e. The van der Waals surface area contributed by atoms with Gasteiger partial charge in [-0.3, -0.25) is 0 Å². The molecule has 0 aliphatic carbocycles. The highest BCUT2D eigenvalue weighted by atomic mass is 32.2. The number of carboxylic acid groups (broad SMARTS) is 1. The number of hydrogen-bond acceptors (Lipinski definition) is 4. The number of carboxylic acids is 1. The van der Waals surface area contributed by atoms with E-state index in [-0.39, 0.29) is 29.8 Å². The number of nitrogens with zero attached hydrogens (tertiary/aromatic N) is 2. The van der Waals surface area contributed by atoms with Crippen molar-refractivity contribution in [3.8, 4) is 0 Å².